The van der Waals surface area contributed by atoms with Gasteiger partial charge in [0.15, 0.2) is 11.5 Å². The van der Waals surface area contributed by atoms with Crippen molar-refractivity contribution in [3.05, 3.63) is 47.0 Å². The van der Waals surface area contributed by atoms with Crippen molar-refractivity contribution in [1.29, 1.82) is 0 Å². The zero-order valence-corrected chi connectivity index (χ0v) is 19.7. The van der Waals surface area contributed by atoms with Crippen LogP contribution in [0.5, 0.6) is 17.2 Å². The Hall–Kier alpha value is -2.78. The molecule has 5 N–H and O–H groups in total. The molecule has 3 unspecified atom stereocenters. The van der Waals surface area contributed by atoms with Gasteiger partial charge in [-0.05, 0) is 85.6 Å². The molecule has 0 saturated heterocycles. The lowest BCUT2D eigenvalue weighted by atomic mass is 9.55. The average Bonchev–Trinajstić information content (AvgIpc) is 3.13. The second-order valence-corrected chi connectivity index (χ2v) is 11.8. The predicted molar refractivity (Wildman–Crippen MR) is 123 cm³/mol. The Morgan fingerprint density at radius 1 is 1.09 bits per heavy atom. The molecule has 2 fully saturated rings. The van der Waals surface area contributed by atoms with Crippen molar-refractivity contribution in [3.8, 4) is 17.2 Å². The number of phenols is 3. The van der Waals surface area contributed by atoms with Crippen LogP contribution in [0.15, 0.2) is 35.2 Å². The number of hydrogen-bond acceptors (Lipinski definition) is 7. The van der Waals surface area contributed by atoms with Crippen LogP contribution in [0.25, 0.3) is 0 Å². The van der Waals surface area contributed by atoms with Crippen molar-refractivity contribution in [2.75, 3.05) is 0 Å². The maximum atomic E-state index is 13.0. The number of fused-ring (bicyclic) bond motifs is 5. The smallest absolute Gasteiger partial charge is 0.338 e. The zero-order chi connectivity index (χ0) is 24.4. The maximum absolute atomic E-state index is 13.0. The van der Waals surface area contributed by atoms with Gasteiger partial charge in [0.2, 0.25) is 15.8 Å². The van der Waals surface area contributed by atoms with E-state index in [2.05, 4.69) is 6.92 Å². The molecule has 3 aliphatic rings. The van der Waals surface area contributed by atoms with Crippen LogP contribution in [0.1, 0.15) is 66.4 Å². The number of carbonyl (C=O) groups is 1. The molecular weight excluding hydrogens is 458 g/mol. The lowest BCUT2D eigenvalue weighted by Gasteiger charge is -2.50. The number of benzene rings is 2. The second-order valence-electron chi connectivity index (χ2n) is 10.2. The van der Waals surface area contributed by atoms with Crippen molar-refractivity contribution >= 4 is 16.0 Å². The van der Waals surface area contributed by atoms with Crippen LogP contribution in [0.3, 0.4) is 0 Å². The lowest BCUT2D eigenvalue weighted by Crippen LogP contribution is -2.44. The molecule has 0 aromatic heterocycles. The molecule has 5 atom stereocenters. The molecule has 9 heteroatoms. The van der Waals surface area contributed by atoms with Crippen LogP contribution in [-0.4, -0.2) is 35.8 Å². The summed E-state index contributed by atoms with van der Waals surface area (Å²) in [6.07, 6.45) is 4.52. The number of rotatable bonds is 3. The number of primary sulfonamides is 1. The normalized spacial score (nSPS) is 30.2. The first-order chi connectivity index (χ1) is 16.0. The van der Waals surface area contributed by atoms with Gasteiger partial charge in [-0.1, -0.05) is 13.0 Å². The van der Waals surface area contributed by atoms with Gasteiger partial charge < -0.3 is 20.1 Å². The quantitative estimate of drug-likeness (QED) is 0.382. The van der Waals surface area contributed by atoms with Crippen molar-refractivity contribution in [2.45, 2.75) is 62.4 Å². The monoisotopic (exact) mass is 487 g/mol. The van der Waals surface area contributed by atoms with Gasteiger partial charge in [0.1, 0.15) is 6.10 Å². The minimum atomic E-state index is -3.94. The van der Waals surface area contributed by atoms with Crippen molar-refractivity contribution in [2.24, 2.45) is 22.4 Å². The number of hydrogen-bond donors (Lipinski definition) is 4. The average molecular weight is 488 g/mol. The fourth-order valence-corrected chi connectivity index (χ4v) is 7.39. The van der Waals surface area contributed by atoms with Gasteiger partial charge >= 0.3 is 5.97 Å². The van der Waals surface area contributed by atoms with E-state index < -0.39 is 21.7 Å². The highest BCUT2D eigenvalue weighted by atomic mass is 32.2. The van der Waals surface area contributed by atoms with Crippen LogP contribution < -0.4 is 5.14 Å². The van der Waals surface area contributed by atoms with E-state index in [0.717, 1.165) is 31.2 Å². The van der Waals surface area contributed by atoms with Gasteiger partial charge in [0.05, 0.1) is 10.5 Å². The predicted octanol–water partition coefficient (Wildman–Crippen LogP) is 3.53. The van der Waals surface area contributed by atoms with Gasteiger partial charge in [-0.15, -0.1) is 0 Å². The Balaban J connectivity index is 1.44. The molecule has 0 spiro atoms. The van der Waals surface area contributed by atoms with E-state index in [1.54, 1.807) is 6.07 Å². The third kappa shape index (κ3) is 3.62. The van der Waals surface area contributed by atoms with Crippen LogP contribution in [0, 0.1) is 17.3 Å². The van der Waals surface area contributed by atoms with Crippen LogP contribution in [0.2, 0.25) is 0 Å². The molecule has 0 amide bonds. The summed E-state index contributed by atoms with van der Waals surface area (Å²) in [4.78, 5) is 12.9. The molecule has 2 aromatic carbocycles. The maximum Gasteiger partial charge on any atom is 0.338 e. The first-order valence-corrected chi connectivity index (χ1v) is 13.1. The topological polar surface area (TPSA) is 147 Å². The first kappa shape index (κ1) is 23.0. The number of aromatic hydroxyl groups is 3. The molecule has 0 radical (unpaired) electrons. The van der Waals surface area contributed by atoms with E-state index in [1.165, 1.54) is 24.3 Å². The Morgan fingerprint density at radius 2 is 1.82 bits per heavy atom. The molecule has 0 bridgehead atoms. The van der Waals surface area contributed by atoms with Gasteiger partial charge in [-0.3, -0.25) is 0 Å². The minimum absolute atomic E-state index is 0.00154. The summed E-state index contributed by atoms with van der Waals surface area (Å²) in [6, 6.07) is 7.09. The minimum Gasteiger partial charge on any atom is -0.504 e. The molecule has 5 rings (SSSR count). The molecule has 3 aliphatic carbocycles. The fourth-order valence-electron chi connectivity index (χ4n) is 6.83. The van der Waals surface area contributed by atoms with Gasteiger partial charge in [0.25, 0.3) is 0 Å². The van der Waals surface area contributed by atoms with Crippen LogP contribution in [0.4, 0.5) is 0 Å². The number of phenolic OH excluding ortho intramolecular Hbond substituents is 3. The van der Waals surface area contributed by atoms with Crippen LogP contribution >= 0.6 is 0 Å². The molecule has 0 heterocycles. The Bertz CT molecular complexity index is 1270. The number of aryl methyl sites for hydroxylation is 1. The highest BCUT2D eigenvalue weighted by molar-refractivity contribution is 7.89. The third-order valence-electron chi connectivity index (χ3n) is 8.36. The summed E-state index contributed by atoms with van der Waals surface area (Å²) in [5.41, 5.74) is 1.68. The number of nitrogens with two attached hydrogens (primary N) is 1. The molecule has 34 heavy (non-hydrogen) atoms. The van der Waals surface area contributed by atoms with Crippen molar-refractivity contribution in [3.63, 3.8) is 0 Å². The van der Waals surface area contributed by atoms with Crippen molar-refractivity contribution in [1.82, 2.24) is 0 Å². The standard InChI is InChI=1S/C25H29NO7S/c1-25-9-7-16-17(6-5-13-12-18(27)22(28)23(29)20(13)16)21(25)19(8-10-25)33-24(30)14-3-2-4-15(11-14)34(26,31)32/h2-4,11-12,16-17,19,21,27-29H,5-10H2,1H3,(H2,26,31,32)/t16?,17?,19-,21?,25+/m0/s1. The second kappa shape index (κ2) is 7.88. The highest BCUT2D eigenvalue weighted by Crippen LogP contribution is 2.63. The number of carbonyl (C=O) groups excluding carboxylic acids is 1. The van der Waals surface area contributed by atoms with E-state index in [0.29, 0.717) is 18.4 Å². The summed E-state index contributed by atoms with van der Waals surface area (Å²) < 4.78 is 29.4. The SMILES string of the molecule is C[C@]12CCC3c4c(cc(O)c(O)c4O)CCC3C1[C@@H](OC(=O)c1cccc(S(N)(=O)=O)c1)CC2. The third-order valence-corrected chi connectivity index (χ3v) is 9.27. The van der Waals surface area contributed by atoms with Gasteiger partial charge in [0, 0.05) is 11.5 Å². The van der Waals surface area contributed by atoms with E-state index in [1.807, 2.05) is 0 Å². The summed E-state index contributed by atoms with van der Waals surface area (Å²) in [5.74, 6) is -1.42. The fraction of sp³-hybridized carbons (Fsp3) is 0.480. The number of ether oxygens (including phenoxy) is 1. The molecular formula is C25H29NO7S. The summed E-state index contributed by atoms with van der Waals surface area (Å²) >= 11 is 0. The Labute approximate surface area is 198 Å². The summed E-state index contributed by atoms with van der Waals surface area (Å²) in [7, 11) is -3.94. The zero-order valence-electron chi connectivity index (χ0n) is 18.9. The molecule has 0 aliphatic heterocycles. The van der Waals surface area contributed by atoms with E-state index >= 15 is 0 Å². The molecule has 2 aromatic rings. The molecule has 8 nitrogen and oxygen atoms in total. The van der Waals surface area contributed by atoms with E-state index in [4.69, 9.17) is 9.88 Å². The first-order valence-electron chi connectivity index (χ1n) is 11.6. The van der Waals surface area contributed by atoms with E-state index in [9.17, 15) is 28.5 Å². The van der Waals surface area contributed by atoms with Crippen molar-refractivity contribution < 1.29 is 33.3 Å². The van der Waals surface area contributed by atoms with Gasteiger partial charge in [-0.2, -0.15) is 0 Å². The van der Waals surface area contributed by atoms with Gasteiger partial charge in [-0.25, -0.2) is 18.4 Å². The van der Waals surface area contributed by atoms with Crippen LogP contribution in [-0.2, 0) is 21.2 Å². The number of esters is 1. The molecule has 2 saturated carbocycles. The Kier molecular flexibility index (Phi) is 5.33. The van der Waals surface area contributed by atoms with E-state index in [-0.39, 0.29) is 51.2 Å². The summed E-state index contributed by atoms with van der Waals surface area (Å²) in [5, 5.41) is 36.0. The highest BCUT2D eigenvalue weighted by Gasteiger charge is 2.56. The lowest BCUT2D eigenvalue weighted by molar-refractivity contribution is -0.0305. The summed E-state index contributed by atoms with van der Waals surface area (Å²) in [6.45, 7) is 2.23. The Morgan fingerprint density at radius 3 is 2.56 bits per heavy atom. The number of sulfonamides is 1. The molecule has 182 valence electrons. The largest absolute Gasteiger partial charge is 0.504 e.